The molecule has 0 radical (unpaired) electrons. The second kappa shape index (κ2) is 5.33. The van der Waals surface area contributed by atoms with Gasteiger partial charge in [0.1, 0.15) is 18.1 Å². The molecule has 2 aromatic rings. The summed E-state index contributed by atoms with van der Waals surface area (Å²) in [6, 6.07) is 8.64. The number of rotatable bonds is 3. The molecule has 2 atom stereocenters. The Hall–Kier alpha value is -2.14. The summed E-state index contributed by atoms with van der Waals surface area (Å²) in [6.45, 7) is 2.32. The van der Waals surface area contributed by atoms with E-state index in [1.165, 1.54) is 6.07 Å². The average Bonchev–Trinajstić information content (AvgIpc) is 2.84. The van der Waals surface area contributed by atoms with Gasteiger partial charge in [-0.2, -0.15) is 0 Å². The molecule has 2 aromatic carbocycles. The monoisotopic (exact) mass is 291 g/mol. The lowest BCUT2D eigenvalue weighted by Gasteiger charge is -2.19. The van der Waals surface area contributed by atoms with Crippen LogP contribution in [-0.2, 0) is 0 Å². The van der Waals surface area contributed by atoms with Gasteiger partial charge in [-0.15, -0.1) is 0 Å². The van der Waals surface area contributed by atoms with Crippen molar-refractivity contribution in [3.05, 3.63) is 59.2 Å². The molecule has 1 heterocycles. The highest BCUT2D eigenvalue weighted by Crippen LogP contribution is 2.36. The van der Waals surface area contributed by atoms with E-state index in [0.717, 1.165) is 11.6 Å². The summed E-state index contributed by atoms with van der Waals surface area (Å²) in [6.07, 6.45) is 0. The number of hydrogen-bond donors (Lipinski definition) is 2. The first kappa shape index (κ1) is 13.8. The first-order valence-corrected chi connectivity index (χ1v) is 6.71. The lowest BCUT2D eigenvalue weighted by atomic mass is 10.0. The number of benzene rings is 2. The number of ether oxygens (including phenoxy) is 1. The first-order valence-electron chi connectivity index (χ1n) is 6.71. The number of phenols is 1. The molecule has 2 unspecified atom stereocenters. The molecule has 0 saturated carbocycles. The highest BCUT2D eigenvalue weighted by Gasteiger charge is 2.26. The molecule has 0 amide bonds. The van der Waals surface area contributed by atoms with E-state index in [0.29, 0.717) is 17.9 Å². The second-order valence-electron chi connectivity index (χ2n) is 5.15. The topological polar surface area (TPSA) is 41.5 Å². The van der Waals surface area contributed by atoms with Crippen LogP contribution in [0.3, 0.4) is 0 Å². The smallest absolute Gasteiger partial charge is 0.159 e. The van der Waals surface area contributed by atoms with Gasteiger partial charge in [-0.25, -0.2) is 8.78 Å². The fourth-order valence-corrected chi connectivity index (χ4v) is 2.52. The van der Waals surface area contributed by atoms with E-state index >= 15 is 0 Å². The minimum atomic E-state index is -0.853. The van der Waals surface area contributed by atoms with Crippen LogP contribution in [-0.4, -0.2) is 11.7 Å². The van der Waals surface area contributed by atoms with Gasteiger partial charge in [0.25, 0.3) is 0 Å². The molecule has 0 aliphatic carbocycles. The maximum Gasteiger partial charge on any atom is 0.159 e. The van der Waals surface area contributed by atoms with Crippen LogP contribution in [0.15, 0.2) is 36.4 Å². The predicted molar refractivity (Wildman–Crippen MR) is 74.3 cm³/mol. The molecule has 110 valence electrons. The fourth-order valence-electron chi connectivity index (χ4n) is 2.52. The van der Waals surface area contributed by atoms with Crippen LogP contribution in [0.2, 0.25) is 0 Å². The molecule has 3 rings (SSSR count). The van der Waals surface area contributed by atoms with Gasteiger partial charge >= 0.3 is 0 Å². The summed E-state index contributed by atoms with van der Waals surface area (Å²) in [5.41, 5.74) is 1.61. The molecule has 2 N–H and O–H groups in total. The van der Waals surface area contributed by atoms with E-state index in [1.807, 2.05) is 6.92 Å². The zero-order valence-electron chi connectivity index (χ0n) is 11.4. The molecule has 3 nitrogen and oxygen atoms in total. The number of fused-ring (bicyclic) bond motifs is 1. The molecule has 21 heavy (non-hydrogen) atoms. The molecule has 5 heteroatoms. The van der Waals surface area contributed by atoms with Gasteiger partial charge in [-0.05, 0) is 36.8 Å². The second-order valence-corrected chi connectivity index (χ2v) is 5.15. The van der Waals surface area contributed by atoms with Crippen molar-refractivity contribution in [1.82, 2.24) is 5.32 Å². The van der Waals surface area contributed by atoms with Gasteiger partial charge in [0.15, 0.2) is 11.6 Å². The Morgan fingerprint density at radius 2 is 2.00 bits per heavy atom. The molecule has 1 aliphatic rings. The Kier molecular flexibility index (Phi) is 3.51. The van der Waals surface area contributed by atoms with Gasteiger partial charge in [0.2, 0.25) is 0 Å². The van der Waals surface area contributed by atoms with Crippen LogP contribution in [0.1, 0.15) is 30.1 Å². The number of halogens is 2. The standard InChI is InChI=1S/C16H15F2NO2/c1-9(10-2-5-13(17)14(18)6-10)19-15-8-21-16-7-11(20)3-4-12(15)16/h2-7,9,15,19-20H,8H2,1H3. The van der Waals surface area contributed by atoms with Crippen molar-refractivity contribution >= 4 is 0 Å². The first-order chi connectivity index (χ1) is 10.0. The molecular formula is C16H15F2NO2. The van der Waals surface area contributed by atoms with Crippen molar-refractivity contribution in [2.24, 2.45) is 0 Å². The molecule has 0 bridgehead atoms. The third kappa shape index (κ3) is 2.69. The molecule has 0 fully saturated rings. The van der Waals surface area contributed by atoms with E-state index in [1.54, 1.807) is 24.3 Å². The van der Waals surface area contributed by atoms with Gasteiger partial charge in [-0.1, -0.05) is 6.07 Å². The zero-order valence-corrected chi connectivity index (χ0v) is 11.4. The lowest BCUT2D eigenvalue weighted by Crippen LogP contribution is -2.25. The van der Waals surface area contributed by atoms with E-state index in [4.69, 9.17) is 4.74 Å². The highest BCUT2D eigenvalue weighted by atomic mass is 19.2. The van der Waals surface area contributed by atoms with Gasteiger partial charge in [-0.3, -0.25) is 0 Å². The van der Waals surface area contributed by atoms with E-state index in [9.17, 15) is 13.9 Å². The van der Waals surface area contributed by atoms with E-state index < -0.39 is 11.6 Å². The van der Waals surface area contributed by atoms with Gasteiger partial charge in [0, 0.05) is 17.7 Å². The summed E-state index contributed by atoms with van der Waals surface area (Å²) in [5, 5.41) is 12.7. The Bertz CT molecular complexity index is 675. The van der Waals surface area contributed by atoms with E-state index in [-0.39, 0.29) is 17.8 Å². The third-order valence-corrected chi connectivity index (χ3v) is 3.67. The Morgan fingerprint density at radius 3 is 2.76 bits per heavy atom. The summed E-state index contributed by atoms with van der Waals surface area (Å²) >= 11 is 0. The SMILES string of the molecule is CC(NC1COc2cc(O)ccc21)c1ccc(F)c(F)c1. The Morgan fingerprint density at radius 1 is 1.19 bits per heavy atom. The molecular weight excluding hydrogens is 276 g/mol. The Balaban J connectivity index is 1.77. The number of phenolic OH excluding ortho intramolecular Hbond substituents is 1. The molecule has 0 aromatic heterocycles. The van der Waals surface area contributed by atoms with Gasteiger partial charge in [0.05, 0.1) is 6.04 Å². The van der Waals surface area contributed by atoms with Crippen LogP contribution in [0.25, 0.3) is 0 Å². The summed E-state index contributed by atoms with van der Waals surface area (Å²) < 4.78 is 31.8. The number of hydrogen-bond acceptors (Lipinski definition) is 3. The van der Waals surface area contributed by atoms with Crippen molar-refractivity contribution in [1.29, 1.82) is 0 Å². The summed E-state index contributed by atoms with van der Waals surface area (Å²) in [4.78, 5) is 0. The van der Waals surface area contributed by atoms with Crippen LogP contribution in [0.5, 0.6) is 11.5 Å². The quantitative estimate of drug-likeness (QED) is 0.910. The third-order valence-electron chi connectivity index (χ3n) is 3.67. The molecule has 1 aliphatic heterocycles. The lowest BCUT2D eigenvalue weighted by molar-refractivity contribution is 0.300. The zero-order chi connectivity index (χ0) is 15.0. The number of aromatic hydroxyl groups is 1. The van der Waals surface area contributed by atoms with Crippen molar-refractivity contribution in [3.8, 4) is 11.5 Å². The van der Waals surface area contributed by atoms with Crippen LogP contribution < -0.4 is 10.1 Å². The fraction of sp³-hybridized carbons (Fsp3) is 0.250. The van der Waals surface area contributed by atoms with Crippen molar-refractivity contribution in [2.75, 3.05) is 6.61 Å². The Labute approximate surface area is 121 Å². The summed E-state index contributed by atoms with van der Waals surface area (Å²) in [7, 11) is 0. The van der Waals surface area contributed by atoms with Crippen molar-refractivity contribution < 1.29 is 18.6 Å². The minimum Gasteiger partial charge on any atom is -0.508 e. The average molecular weight is 291 g/mol. The summed E-state index contributed by atoms with van der Waals surface area (Å²) in [5.74, 6) is -0.904. The largest absolute Gasteiger partial charge is 0.508 e. The predicted octanol–water partition coefficient (Wildman–Crippen LogP) is 3.45. The van der Waals surface area contributed by atoms with Crippen LogP contribution >= 0.6 is 0 Å². The van der Waals surface area contributed by atoms with Crippen molar-refractivity contribution in [2.45, 2.75) is 19.0 Å². The maximum absolute atomic E-state index is 13.3. The normalized spacial score (nSPS) is 18.1. The van der Waals surface area contributed by atoms with Crippen LogP contribution in [0.4, 0.5) is 8.78 Å². The maximum atomic E-state index is 13.3. The molecule has 0 spiro atoms. The van der Waals surface area contributed by atoms with Crippen LogP contribution in [0, 0.1) is 11.6 Å². The van der Waals surface area contributed by atoms with Gasteiger partial charge < -0.3 is 15.2 Å². The van der Waals surface area contributed by atoms with E-state index in [2.05, 4.69) is 5.32 Å². The molecule has 0 saturated heterocycles. The minimum absolute atomic E-state index is 0.0521. The van der Waals surface area contributed by atoms with Crippen molar-refractivity contribution in [3.63, 3.8) is 0 Å². The highest BCUT2D eigenvalue weighted by molar-refractivity contribution is 5.44. The number of nitrogens with one attached hydrogen (secondary N) is 1.